The highest BCUT2D eigenvalue weighted by Crippen LogP contribution is 2.28. The number of nitrogens with zero attached hydrogens (tertiary/aromatic N) is 2. The first kappa shape index (κ1) is 25.3. The molecule has 0 radical (unpaired) electrons. The molecule has 2 heterocycles. The zero-order valence-corrected chi connectivity index (χ0v) is 19.8. The number of hydrogen-bond donors (Lipinski definition) is 2. The van der Waals surface area contributed by atoms with Gasteiger partial charge < -0.3 is 20.3 Å². The number of pyridine rings is 1. The van der Waals surface area contributed by atoms with Crippen LogP contribution in [0.15, 0.2) is 54.7 Å². The molecular weight excluding hydrogens is 473 g/mol. The van der Waals surface area contributed by atoms with Gasteiger partial charge in [0.15, 0.2) is 0 Å². The van der Waals surface area contributed by atoms with E-state index in [0.29, 0.717) is 35.7 Å². The van der Waals surface area contributed by atoms with Gasteiger partial charge in [0.1, 0.15) is 5.75 Å². The van der Waals surface area contributed by atoms with Crippen molar-refractivity contribution < 1.29 is 27.5 Å². The molecule has 1 saturated heterocycles. The maximum atomic E-state index is 12.4. The molecule has 2 aromatic carbocycles. The number of halogens is 3. The van der Waals surface area contributed by atoms with E-state index in [9.17, 15) is 22.8 Å². The van der Waals surface area contributed by atoms with Gasteiger partial charge in [-0.15, -0.1) is 13.2 Å². The molecule has 0 saturated carbocycles. The molecule has 7 nitrogen and oxygen atoms in total. The minimum atomic E-state index is -4.73. The zero-order valence-electron chi connectivity index (χ0n) is 19.8. The number of urea groups is 1. The number of piperidine rings is 1. The lowest BCUT2D eigenvalue weighted by Gasteiger charge is -2.31. The van der Waals surface area contributed by atoms with Gasteiger partial charge in [0.2, 0.25) is 5.91 Å². The number of aromatic nitrogens is 1. The first-order valence-corrected chi connectivity index (χ1v) is 11.8. The van der Waals surface area contributed by atoms with Crippen molar-refractivity contribution in [1.82, 2.24) is 15.2 Å². The van der Waals surface area contributed by atoms with Gasteiger partial charge in [-0.3, -0.25) is 9.78 Å². The lowest BCUT2D eigenvalue weighted by Crippen LogP contribution is -2.42. The number of likely N-dealkylation sites (tertiary alicyclic amines) is 1. The van der Waals surface area contributed by atoms with Crippen LogP contribution in [0.1, 0.15) is 26.2 Å². The second kappa shape index (κ2) is 10.8. The molecule has 0 aliphatic carbocycles. The summed E-state index contributed by atoms with van der Waals surface area (Å²) in [6.45, 7) is 3.86. The third-order valence-electron chi connectivity index (χ3n) is 6.18. The van der Waals surface area contributed by atoms with Crippen LogP contribution in [0.2, 0.25) is 0 Å². The van der Waals surface area contributed by atoms with Crippen LogP contribution in [0.5, 0.6) is 5.75 Å². The molecule has 0 unspecified atom stereocenters. The van der Waals surface area contributed by atoms with Crippen molar-refractivity contribution in [3.05, 3.63) is 54.7 Å². The molecular formula is C26H27F3N4O3. The molecule has 1 aliphatic heterocycles. The van der Waals surface area contributed by atoms with E-state index >= 15 is 0 Å². The van der Waals surface area contributed by atoms with Crippen molar-refractivity contribution >= 4 is 28.5 Å². The van der Waals surface area contributed by atoms with Crippen LogP contribution in [0, 0.1) is 5.92 Å². The lowest BCUT2D eigenvalue weighted by atomic mass is 9.96. The van der Waals surface area contributed by atoms with Crippen LogP contribution in [-0.2, 0) is 4.79 Å². The van der Waals surface area contributed by atoms with E-state index in [2.05, 4.69) is 20.4 Å². The lowest BCUT2D eigenvalue weighted by molar-refractivity contribution is -0.274. The zero-order chi connectivity index (χ0) is 25.7. The minimum absolute atomic E-state index is 0.171. The third kappa shape index (κ3) is 6.65. The summed E-state index contributed by atoms with van der Waals surface area (Å²) in [5, 5.41) is 6.54. The largest absolute Gasteiger partial charge is 0.573 e. The fraction of sp³-hybridized carbons (Fsp3) is 0.346. The maximum Gasteiger partial charge on any atom is 0.573 e. The fourth-order valence-electron chi connectivity index (χ4n) is 4.23. The van der Waals surface area contributed by atoms with Gasteiger partial charge in [-0.25, -0.2) is 4.79 Å². The van der Waals surface area contributed by atoms with E-state index in [0.717, 1.165) is 36.9 Å². The molecule has 0 atom stereocenters. The first-order chi connectivity index (χ1) is 17.2. The number of rotatable bonds is 6. The van der Waals surface area contributed by atoms with Crippen LogP contribution in [0.3, 0.4) is 0 Å². The molecule has 3 aromatic rings. The predicted octanol–water partition coefficient (Wildman–Crippen LogP) is 5.57. The quantitative estimate of drug-likeness (QED) is 0.464. The Bertz CT molecular complexity index is 1220. The highest BCUT2D eigenvalue weighted by molar-refractivity contribution is 5.93. The molecule has 2 N–H and O–H groups in total. The number of ether oxygens (including phenoxy) is 1. The molecule has 36 heavy (non-hydrogen) atoms. The Kier molecular flexibility index (Phi) is 7.61. The molecule has 10 heteroatoms. The predicted molar refractivity (Wildman–Crippen MR) is 130 cm³/mol. The van der Waals surface area contributed by atoms with Crippen LogP contribution < -0.4 is 15.4 Å². The van der Waals surface area contributed by atoms with E-state index in [4.69, 9.17) is 0 Å². The van der Waals surface area contributed by atoms with Crippen molar-refractivity contribution in [3.63, 3.8) is 0 Å². The van der Waals surface area contributed by atoms with Crippen molar-refractivity contribution in [2.75, 3.05) is 25.0 Å². The highest BCUT2D eigenvalue weighted by atomic mass is 19.4. The number of hydrogen-bond acceptors (Lipinski definition) is 4. The molecule has 1 aromatic heterocycles. The van der Waals surface area contributed by atoms with E-state index in [1.807, 2.05) is 24.0 Å². The number of anilines is 1. The second-order valence-electron chi connectivity index (χ2n) is 8.72. The number of carbonyl (C=O) groups excluding carboxylic acids is 2. The summed E-state index contributed by atoms with van der Waals surface area (Å²) in [6.07, 6.45) is -0.857. The topological polar surface area (TPSA) is 83.6 Å². The molecule has 190 valence electrons. The smallest absolute Gasteiger partial charge is 0.406 e. The van der Waals surface area contributed by atoms with Gasteiger partial charge in [-0.05, 0) is 54.7 Å². The third-order valence-corrected chi connectivity index (χ3v) is 6.18. The summed E-state index contributed by atoms with van der Waals surface area (Å²) in [6, 6.07) is 12.5. The maximum absolute atomic E-state index is 12.4. The highest BCUT2D eigenvalue weighted by Gasteiger charge is 2.31. The molecule has 1 aliphatic rings. The number of carbonyl (C=O) groups is 2. The fourth-order valence-corrected chi connectivity index (χ4v) is 4.23. The molecule has 1 fully saturated rings. The number of nitrogens with one attached hydrogen (secondary N) is 2. The Morgan fingerprint density at radius 1 is 1.06 bits per heavy atom. The summed E-state index contributed by atoms with van der Waals surface area (Å²) < 4.78 is 41.0. The van der Waals surface area contributed by atoms with Gasteiger partial charge in [0.05, 0.1) is 5.52 Å². The van der Waals surface area contributed by atoms with Crippen molar-refractivity contribution in [3.8, 4) is 16.9 Å². The summed E-state index contributed by atoms with van der Waals surface area (Å²) in [5.74, 6) is 0.220. The van der Waals surface area contributed by atoms with Gasteiger partial charge in [0.25, 0.3) is 0 Å². The van der Waals surface area contributed by atoms with Crippen molar-refractivity contribution in [2.24, 2.45) is 5.92 Å². The molecule has 0 spiro atoms. The van der Waals surface area contributed by atoms with Crippen LogP contribution in [-0.4, -0.2) is 47.8 Å². The molecule has 0 bridgehead atoms. The second-order valence-corrected chi connectivity index (χ2v) is 8.72. The monoisotopic (exact) mass is 500 g/mol. The summed E-state index contributed by atoms with van der Waals surface area (Å²) in [4.78, 5) is 30.5. The normalized spacial score (nSPS) is 14.5. The van der Waals surface area contributed by atoms with Crippen LogP contribution in [0.4, 0.5) is 23.7 Å². The van der Waals surface area contributed by atoms with E-state index < -0.39 is 6.36 Å². The summed E-state index contributed by atoms with van der Waals surface area (Å²) in [7, 11) is 0. The molecule has 4 rings (SSSR count). The minimum Gasteiger partial charge on any atom is -0.406 e. The van der Waals surface area contributed by atoms with Gasteiger partial charge in [-0.2, -0.15) is 0 Å². The number of amides is 3. The first-order valence-electron chi connectivity index (χ1n) is 11.8. The van der Waals surface area contributed by atoms with E-state index in [-0.39, 0.29) is 17.7 Å². The van der Waals surface area contributed by atoms with Gasteiger partial charge >= 0.3 is 12.4 Å². The average Bonchev–Trinajstić information content (AvgIpc) is 2.86. The SMILES string of the molecule is CCC(=O)N1CCC(CNC(=O)Nc2ccc3cc(-c4ccc(OC(F)(F)F)cc4)cnc3c2)CC1. The van der Waals surface area contributed by atoms with E-state index in [1.165, 1.54) is 24.3 Å². The van der Waals surface area contributed by atoms with Crippen molar-refractivity contribution in [2.45, 2.75) is 32.5 Å². The van der Waals surface area contributed by atoms with E-state index in [1.54, 1.807) is 18.3 Å². The Hall–Kier alpha value is -3.82. The Morgan fingerprint density at radius 2 is 1.78 bits per heavy atom. The number of alkyl halides is 3. The Balaban J connectivity index is 1.32. The van der Waals surface area contributed by atoms with Gasteiger partial charge in [-0.1, -0.05) is 25.1 Å². The number of benzene rings is 2. The van der Waals surface area contributed by atoms with Crippen LogP contribution in [0.25, 0.3) is 22.0 Å². The van der Waals surface area contributed by atoms with Crippen molar-refractivity contribution in [1.29, 1.82) is 0 Å². The van der Waals surface area contributed by atoms with Gasteiger partial charge in [0, 0.05) is 48.9 Å². The Morgan fingerprint density at radius 3 is 2.44 bits per heavy atom. The standard InChI is InChI=1S/C26H27F3N4O3/c1-2-24(34)33-11-9-17(10-12-33)15-31-25(35)32-21-6-3-19-13-20(16-30-23(19)14-21)18-4-7-22(8-5-18)36-26(27,28)29/h3-8,13-14,16-17H,2,9-12,15H2,1H3,(H2,31,32,35). The Labute approximate surface area is 206 Å². The summed E-state index contributed by atoms with van der Waals surface area (Å²) in [5.41, 5.74) is 2.70. The van der Waals surface area contributed by atoms with Crippen LogP contribution >= 0.6 is 0 Å². The number of fused-ring (bicyclic) bond motifs is 1. The summed E-state index contributed by atoms with van der Waals surface area (Å²) >= 11 is 0. The molecule has 3 amide bonds. The average molecular weight is 501 g/mol.